The zero-order valence-corrected chi connectivity index (χ0v) is 9.30. The van der Waals surface area contributed by atoms with Crippen LogP contribution in [0.15, 0.2) is 30.3 Å². The highest BCUT2D eigenvalue weighted by Gasteiger charge is 2.31. The zero-order chi connectivity index (χ0) is 12.3. The van der Waals surface area contributed by atoms with E-state index >= 15 is 0 Å². The molecular formula is C12H14N2O3. The van der Waals surface area contributed by atoms with Crippen LogP contribution in [-0.4, -0.2) is 35.0 Å². The van der Waals surface area contributed by atoms with Crippen LogP contribution in [0.4, 0.5) is 0 Å². The van der Waals surface area contributed by atoms with Crippen molar-refractivity contribution in [1.82, 2.24) is 10.4 Å². The summed E-state index contributed by atoms with van der Waals surface area (Å²) in [6.45, 7) is 0.909. The van der Waals surface area contributed by atoms with E-state index < -0.39 is 5.91 Å². The number of nitrogens with zero attached hydrogens (tertiary/aromatic N) is 1. The molecule has 5 nitrogen and oxygen atoms in total. The quantitative estimate of drug-likeness (QED) is 0.583. The summed E-state index contributed by atoms with van der Waals surface area (Å²) in [5.41, 5.74) is 2.25. The molecule has 1 saturated heterocycles. The van der Waals surface area contributed by atoms with E-state index in [1.807, 2.05) is 6.07 Å². The summed E-state index contributed by atoms with van der Waals surface area (Å²) in [6.07, 6.45) is 0.588. The van der Waals surface area contributed by atoms with E-state index in [1.165, 1.54) is 0 Å². The molecule has 1 fully saturated rings. The van der Waals surface area contributed by atoms with Crippen molar-refractivity contribution in [1.29, 1.82) is 0 Å². The van der Waals surface area contributed by atoms with Crippen molar-refractivity contribution >= 4 is 11.8 Å². The fourth-order valence-corrected chi connectivity index (χ4v) is 2.01. The lowest BCUT2D eigenvalue weighted by molar-refractivity contribution is -0.132. The molecule has 1 aromatic rings. The molecule has 0 spiro atoms. The van der Waals surface area contributed by atoms with E-state index in [2.05, 4.69) is 0 Å². The predicted molar refractivity (Wildman–Crippen MR) is 60.4 cm³/mol. The van der Waals surface area contributed by atoms with Crippen LogP contribution < -0.4 is 5.48 Å². The van der Waals surface area contributed by atoms with Crippen LogP contribution in [0.3, 0.4) is 0 Å². The zero-order valence-electron chi connectivity index (χ0n) is 9.30. The number of hydroxylamine groups is 1. The van der Waals surface area contributed by atoms with Gasteiger partial charge in [0.05, 0.1) is 5.92 Å². The Morgan fingerprint density at radius 3 is 2.65 bits per heavy atom. The van der Waals surface area contributed by atoms with Gasteiger partial charge in [-0.25, -0.2) is 5.48 Å². The van der Waals surface area contributed by atoms with Gasteiger partial charge in [0.15, 0.2) is 0 Å². The third-order valence-corrected chi connectivity index (χ3v) is 2.98. The standard InChI is InChI=1S/C12H14N2O3/c15-11(13-17)10-6-7-14(8-10)12(16)9-4-2-1-3-5-9/h1-5,10,17H,6-8H2,(H,13,15). The largest absolute Gasteiger partial charge is 0.338 e. The molecule has 0 aliphatic carbocycles. The Morgan fingerprint density at radius 2 is 2.00 bits per heavy atom. The molecular weight excluding hydrogens is 220 g/mol. The Bertz CT molecular complexity index is 419. The van der Waals surface area contributed by atoms with E-state index in [1.54, 1.807) is 34.6 Å². The number of benzene rings is 1. The highest BCUT2D eigenvalue weighted by atomic mass is 16.5. The molecule has 2 rings (SSSR count). The third-order valence-electron chi connectivity index (χ3n) is 2.98. The van der Waals surface area contributed by atoms with Gasteiger partial charge in [0.2, 0.25) is 5.91 Å². The molecule has 17 heavy (non-hydrogen) atoms. The molecule has 1 aliphatic heterocycles. The number of likely N-dealkylation sites (tertiary alicyclic amines) is 1. The topological polar surface area (TPSA) is 69.6 Å². The molecule has 0 saturated carbocycles. The first-order valence-electron chi connectivity index (χ1n) is 5.50. The minimum Gasteiger partial charge on any atom is -0.338 e. The average Bonchev–Trinajstić information content (AvgIpc) is 2.87. The Balaban J connectivity index is 2.02. The van der Waals surface area contributed by atoms with Crippen molar-refractivity contribution in [3.63, 3.8) is 0 Å². The van der Waals surface area contributed by atoms with Crippen molar-refractivity contribution in [2.24, 2.45) is 5.92 Å². The van der Waals surface area contributed by atoms with Gasteiger partial charge < -0.3 is 4.90 Å². The van der Waals surface area contributed by atoms with Crippen molar-refractivity contribution in [2.45, 2.75) is 6.42 Å². The molecule has 0 aromatic heterocycles. The Labute approximate surface area is 99.0 Å². The maximum Gasteiger partial charge on any atom is 0.253 e. The predicted octanol–water partition coefficient (Wildman–Crippen LogP) is 0.654. The summed E-state index contributed by atoms with van der Waals surface area (Å²) in [5, 5.41) is 8.53. The number of rotatable bonds is 2. The Morgan fingerprint density at radius 1 is 1.29 bits per heavy atom. The monoisotopic (exact) mass is 234 g/mol. The van der Waals surface area contributed by atoms with E-state index in [-0.39, 0.29) is 11.8 Å². The molecule has 1 aromatic carbocycles. The molecule has 0 radical (unpaired) electrons. The summed E-state index contributed by atoms with van der Waals surface area (Å²) in [5.74, 6) is -0.806. The highest BCUT2D eigenvalue weighted by molar-refractivity contribution is 5.94. The third kappa shape index (κ3) is 2.45. The smallest absolute Gasteiger partial charge is 0.253 e. The van der Waals surface area contributed by atoms with E-state index in [9.17, 15) is 9.59 Å². The van der Waals surface area contributed by atoms with Gasteiger partial charge in [0, 0.05) is 18.7 Å². The summed E-state index contributed by atoms with van der Waals surface area (Å²) in [4.78, 5) is 24.9. The van der Waals surface area contributed by atoms with Crippen LogP contribution in [0.2, 0.25) is 0 Å². The lowest BCUT2D eigenvalue weighted by atomic mass is 10.1. The number of nitrogens with one attached hydrogen (secondary N) is 1. The molecule has 5 heteroatoms. The maximum atomic E-state index is 12.0. The van der Waals surface area contributed by atoms with Gasteiger partial charge in [-0.1, -0.05) is 18.2 Å². The SMILES string of the molecule is O=C(NO)C1CCN(C(=O)c2ccccc2)C1. The lowest BCUT2D eigenvalue weighted by Gasteiger charge is -2.15. The van der Waals surface area contributed by atoms with Crippen LogP contribution in [0.1, 0.15) is 16.8 Å². The number of amides is 2. The average molecular weight is 234 g/mol. The van der Waals surface area contributed by atoms with Crippen LogP contribution in [-0.2, 0) is 4.79 Å². The Kier molecular flexibility index (Phi) is 3.39. The van der Waals surface area contributed by atoms with Crippen molar-refractivity contribution in [3.05, 3.63) is 35.9 Å². The van der Waals surface area contributed by atoms with E-state index in [0.717, 1.165) is 0 Å². The minimum atomic E-state index is -0.423. The van der Waals surface area contributed by atoms with Gasteiger partial charge >= 0.3 is 0 Å². The molecule has 2 amide bonds. The second-order valence-electron chi connectivity index (χ2n) is 4.08. The summed E-state index contributed by atoms with van der Waals surface area (Å²) < 4.78 is 0. The highest BCUT2D eigenvalue weighted by Crippen LogP contribution is 2.18. The lowest BCUT2D eigenvalue weighted by Crippen LogP contribution is -2.33. The van der Waals surface area contributed by atoms with Gasteiger partial charge in [-0.15, -0.1) is 0 Å². The molecule has 0 bridgehead atoms. The molecule has 1 heterocycles. The van der Waals surface area contributed by atoms with Gasteiger partial charge in [-0.2, -0.15) is 0 Å². The van der Waals surface area contributed by atoms with Crippen LogP contribution in [0.5, 0.6) is 0 Å². The summed E-state index contributed by atoms with van der Waals surface area (Å²) in [7, 11) is 0. The number of hydrogen-bond acceptors (Lipinski definition) is 3. The van der Waals surface area contributed by atoms with Crippen LogP contribution >= 0.6 is 0 Å². The fraction of sp³-hybridized carbons (Fsp3) is 0.333. The number of carbonyl (C=O) groups is 2. The number of hydrogen-bond donors (Lipinski definition) is 2. The fourth-order valence-electron chi connectivity index (χ4n) is 2.01. The van der Waals surface area contributed by atoms with Gasteiger partial charge in [0.25, 0.3) is 5.91 Å². The van der Waals surface area contributed by atoms with Crippen molar-refractivity contribution in [3.8, 4) is 0 Å². The van der Waals surface area contributed by atoms with Crippen molar-refractivity contribution < 1.29 is 14.8 Å². The van der Waals surface area contributed by atoms with E-state index in [0.29, 0.717) is 25.1 Å². The second kappa shape index (κ2) is 4.97. The molecule has 1 aliphatic rings. The Hall–Kier alpha value is -1.88. The van der Waals surface area contributed by atoms with Gasteiger partial charge in [-0.05, 0) is 18.6 Å². The first-order chi connectivity index (χ1) is 8.22. The van der Waals surface area contributed by atoms with Crippen LogP contribution in [0.25, 0.3) is 0 Å². The molecule has 2 N–H and O–H groups in total. The maximum absolute atomic E-state index is 12.0. The normalized spacial score (nSPS) is 19.1. The van der Waals surface area contributed by atoms with E-state index in [4.69, 9.17) is 5.21 Å². The number of carbonyl (C=O) groups excluding carboxylic acids is 2. The summed E-state index contributed by atoms with van der Waals surface area (Å²) in [6, 6.07) is 8.97. The first-order valence-corrected chi connectivity index (χ1v) is 5.50. The molecule has 1 atom stereocenters. The van der Waals surface area contributed by atoms with Crippen LogP contribution in [0, 0.1) is 5.92 Å². The van der Waals surface area contributed by atoms with Crippen molar-refractivity contribution in [2.75, 3.05) is 13.1 Å². The van der Waals surface area contributed by atoms with Gasteiger partial charge in [0.1, 0.15) is 0 Å². The van der Waals surface area contributed by atoms with Gasteiger partial charge in [-0.3, -0.25) is 14.8 Å². The first kappa shape index (κ1) is 11.6. The second-order valence-corrected chi connectivity index (χ2v) is 4.08. The minimum absolute atomic E-state index is 0.0705. The molecule has 1 unspecified atom stereocenters. The summed E-state index contributed by atoms with van der Waals surface area (Å²) >= 11 is 0. The molecule has 90 valence electrons.